The van der Waals surface area contributed by atoms with Gasteiger partial charge in [0.05, 0.1) is 6.07 Å². The quantitative estimate of drug-likeness (QED) is 0.724. The van der Waals surface area contributed by atoms with Crippen LogP contribution in [0, 0.1) is 11.3 Å². The standard InChI is InChI=1S/C12H23N3/c1-5-15(11-6-7-11)9-12(4,8-13)14-10(2)3/h10-11,14H,5-7,9H2,1-4H3. The Balaban J connectivity index is 2.53. The summed E-state index contributed by atoms with van der Waals surface area (Å²) in [6, 6.07) is 3.49. The zero-order valence-corrected chi connectivity index (χ0v) is 10.4. The van der Waals surface area contributed by atoms with Crippen LogP contribution < -0.4 is 5.32 Å². The Morgan fingerprint density at radius 1 is 1.53 bits per heavy atom. The first-order valence-corrected chi connectivity index (χ1v) is 5.93. The molecule has 0 bridgehead atoms. The van der Waals surface area contributed by atoms with Crippen molar-refractivity contribution in [3.8, 4) is 6.07 Å². The molecule has 1 unspecified atom stereocenters. The highest BCUT2D eigenvalue weighted by molar-refractivity contribution is 5.07. The van der Waals surface area contributed by atoms with Gasteiger partial charge in [0.15, 0.2) is 0 Å². The second-order valence-corrected chi connectivity index (χ2v) is 5.04. The average Bonchev–Trinajstić information content (AvgIpc) is 2.96. The van der Waals surface area contributed by atoms with Crippen LogP contribution in [0.5, 0.6) is 0 Å². The van der Waals surface area contributed by atoms with Crippen LogP contribution in [0.1, 0.15) is 40.5 Å². The van der Waals surface area contributed by atoms with Gasteiger partial charge in [0.1, 0.15) is 5.54 Å². The third-order valence-corrected chi connectivity index (χ3v) is 2.84. The molecule has 1 rings (SSSR count). The molecular formula is C12H23N3. The second kappa shape index (κ2) is 4.96. The first-order valence-electron chi connectivity index (χ1n) is 5.93. The van der Waals surface area contributed by atoms with E-state index < -0.39 is 5.54 Å². The summed E-state index contributed by atoms with van der Waals surface area (Å²) in [5.41, 5.74) is -0.410. The Hall–Kier alpha value is -0.590. The molecule has 0 aromatic heterocycles. The van der Waals surface area contributed by atoms with Crippen molar-refractivity contribution >= 4 is 0 Å². The molecule has 0 heterocycles. The van der Waals surface area contributed by atoms with Crippen LogP contribution in [0.4, 0.5) is 0 Å². The lowest BCUT2D eigenvalue weighted by Gasteiger charge is -2.32. The molecule has 3 heteroatoms. The molecular weight excluding hydrogens is 186 g/mol. The lowest BCUT2D eigenvalue weighted by Crippen LogP contribution is -2.53. The summed E-state index contributed by atoms with van der Waals surface area (Å²) in [7, 11) is 0. The number of hydrogen-bond donors (Lipinski definition) is 1. The summed E-state index contributed by atoms with van der Waals surface area (Å²) in [5, 5.41) is 12.6. The van der Waals surface area contributed by atoms with E-state index in [1.54, 1.807) is 0 Å². The van der Waals surface area contributed by atoms with Crippen molar-refractivity contribution in [2.45, 2.75) is 58.2 Å². The molecule has 86 valence electrons. The van der Waals surface area contributed by atoms with E-state index in [4.69, 9.17) is 0 Å². The van der Waals surface area contributed by atoms with Crippen molar-refractivity contribution in [2.75, 3.05) is 13.1 Å². The van der Waals surface area contributed by atoms with Gasteiger partial charge in [-0.1, -0.05) is 6.92 Å². The molecule has 0 aromatic rings. The summed E-state index contributed by atoms with van der Waals surface area (Å²) in [6.07, 6.45) is 2.61. The second-order valence-electron chi connectivity index (χ2n) is 5.04. The van der Waals surface area contributed by atoms with Crippen molar-refractivity contribution < 1.29 is 0 Å². The summed E-state index contributed by atoms with van der Waals surface area (Å²) >= 11 is 0. The van der Waals surface area contributed by atoms with Gasteiger partial charge >= 0.3 is 0 Å². The number of nitriles is 1. The first-order chi connectivity index (χ1) is 7.00. The summed E-state index contributed by atoms with van der Waals surface area (Å²) in [5.74, 6) is 0. The maximum absolute atomic E-state index is 9.24. The highest BCUT2D eigenvalue weighted by atomic mass is 15.2. The third kappa shape index (κ3) is 3.81. The van der Waals surface area contributed by atoms with E-state index in [1.165, 1.54) is 12.8 Å². The van der Waals surface area contributed by atoms with E-state index in [0.717, 1.165) is 19.1 Å². The number of likely N-dealkylation sites (N-methyl/N-ethyl adjacent to an activating group) is 1. The minimum absolute atomic E-state index is 0.354. The molecule has 1 N–H and O–H groups in total. The molecule has 15 heavy (non-hydrogen) atoms. The fourth-order valence-electron chi connectivity index (χ4n) is 2.10. The third-order valence-electron chi connectivity index (χ3n) is 2.84. The monoisotopic (exact) mass is 209 g/mol. The zero-order valence-electron chi connectivity index (χ0n) is 10.4. The minimum Gasteiger partial charge on any atom is -0.298 e. The molecule has 0 aliphatic heterocycles. The van der Waals surface area contributed by atoms with Crippen molar-refractivity contribution in [3.63, 3.8) is 0 Å². The Bertz CT molecular complexity index is 240. The van der Waals surface area contributed by atoms with Gasteiger partial charge in [-0.05, 0) is 40.2 Å². The minimum atomic E-state index is -0.410. The molecule has 0 aromatic carbocycles. The molecule has 1 aliphatic rings. The van der Waals surface area contributed by atoms with E-state index in [9.17, 15) is 5.26 Å². The molecule has 1 fully saturated rings. The number of hydrogen-bond acceptors (Lipinski definition) is 3. The van der Waals surface area contributed by atoms with Crippen molar-refractivity contribution in [1.82, 2.24) is 10.2 Å². The molecule has 0 saturated heterocycles. The van der Waals surface area contributed by atoms with Gasteiger partial charge in [0.2, 0.25) is 0 Å². The molecule has 0 amide bonds. The summed E-state index contributed by atoms with van der Waals surface area (Å²) in [6.45, 7) is 10.2. The number of nitrogens with zero attached hydrogens (tertiary/aromatic N) is 2. The molecule has 1 saturated carbocycles. The summed E-state index contributed by atoms with van der Waals surface area (Å²) in [4.78, 5) is 2.42. The normalized spacial score (nSPS) is 20.3. The van der Waals surface area contributed by atoms with Gasteiger partial charge < -0.3 is 0 Å². The van der Waals surface area contributed by atoms with E-state index in [-0.39, 0.29) is 0 Å². The Kier molecular flexibility index (Phi) is 4.12. The van der Waals surface area contributed by atoms with Crippen molar-refractivity contribution in [3.05, 3.63) is 0 Å². The van der Waals surface area contributed by atoms with Crippen LogP contribution in [-0.4, -0.2) is 35.6 Å². The smallest absolute Gasteiger partial charge is 0.116 e. The highest BCUT2D eigenvalue weighted by Crippen LogP contribution is 2.27. The number of nitrogens with one attached hydrogen (secondary N) is 1. The Morgan fingerprint density at radius 3 is 2.47 bits per heavy atom. The maximum atomic E-state index is 9.24. The lowest BCUT2D eigenvalue weighted by molar-refractivity contribution is 0.213. The van der Waals surface area contributed by atoms with Crippen LogP contribution in [0.15, 0.2) is 0 Å². The fraction of sp³-hybridized carbons (Fsp3) is 0.917. The molecule has 0 radical (unpaired) electrons. The van der Waals surface area contributed by atoms with E-state index in [1.807, 2.05) is 6.92 Å². The van der Waals surface area contributed by atoms with E-state index >= 15 is 0 Å². The van der Waals surface area contributed by atoms with E-state index in [2.05, 4.69) is 37.1 Å². The predicted octanol–water partition coefficient (Wildman–Crippen LogP) is 1.75. The van der Waals surface area contributed by atoms with Gasteiger partial charge in [0.25, 0.3) is 0 Å². The largest absolute Gasteiger partial charge is 0.298 e. The van der Waals surface area contributed by atoms with Crippen LogP contribution >= 0.6 is 0 Å². The van der Waals surface area contributed by atoms with Crippen molar-refractivity contribution in [1.29, 1.82) is 5.26 Å². The van der Waals surface area contributed by atoms with Gasteiger partial charge in [0, 0.05) is 18.6 Å². The molecule has 1 atom stereocenters. The van der Waals surface area contributed by atoms with Gasteiger partial charge in [-0.2, -0.15) is 5.26 Å². The first kappa shape index (κ1) is 12.5. The van der Waals surface area contributed by atoms with Crippen LogP contribution in [0.3, 0.4) is 0 Å². The van der Waals surface area contributed by atoms with Crippen LogP contribution in [-0.2, 0) is 0 Å². The molecule has 1 aliphatic carbocycles. The zero-order chi connectivity index (χ0) is 11.5. The number of rotatable bonds is 6. The molecule has 0 spiro atoms. The van der Waals surface area contributed by atoms with Gasteiger partial charge in [-0.25, -0.2) is 0 Å². The van der Waals surface area contributed by atoms with Gasteiger partial charge in [-0.3, -0.25) is 10.2 Å². The van der Waals surface area contributed by atoms with E-state index in [0.29, 0.717) is 6.04 Å². The summed E-state index contributed by atoms with van der Waals surface area (Å²) < 4.78 is 0. The Morgan fingerprint density at radius 2 is 2.13 bits per heavy atom. The molecule has 3 nitrogen and oxygen atoms in total. The average molecular weight is 209 g/mol. The van der Waals surface area contributed by atoms with Gasteiger partial charge in [-0.15, -0.1) is 0 Å². The fourth-order valence-corrected chi connectivity index (χ4v) is 2.10. The predicted molar refractivity (Wildman–Crippen MR) is 62.6 cm³/mol. The SMILES string of the molecule is CCN(CC(C)(C#N)NC(C)C)C1CC1. The van der Waals surface area contributed by atoms with Crippen LogP contribution in [0.25, 0.3) is 0 Å². The lowest BCUT2D eigenvalue weighted by atomic mass is 10.0. The highest BCUT2D eigenvalue weighted by Gasteiger charge is 2.34. The maximum Gasteiger partial charge on any atom is 0.116 e. The van der Waals surface area contributed by atoms with Crippen molar-refractivity contribution in [2.24, 2.45) is 0 Å². The topological polar surface area (TPSA) is 39.1 Å². The van der Waals surface area contributed by atoms with Crippen LogP contribution in [0.2, 0.25) is 0 Å². The Labute approximate surface area is 93.5 Å².